The highest BCUT2D eigenvalue weighted by Gasteiger charge is 2.22. The molecule has 0 unspecified atom stereocenters. The van der Waals surface area contributed by atoms with Gasteiger partial charge in [0.2, 0.25) is 0 Å². The van der Waals surface area contributed by atoms with E-state index >= 15 is 0 Å². The molecular weight excluding hydrogens is 325 g/mol. The van der Waals surface area contributed by atoms with Gasteiger partial charge in [-0.15, -0.1) is 0 Å². The Kier molecular flexibility index (Phi) is 4.24. The van der Waals surface area contributed by atoms with E-state index in [1.807, 2.05) is 44.2 Å². The van der Waals surface area contributed by atoms with E-state index in [1.54, 1.807) is 0 Å². The van der Waals surface area contributed by atoms with Crippen LogP contribution in [0.3, 0.4) is 0 Å². The van der Waals surface area contributed by atoms with Gasteiger partial charge in [-0.25, -0.2) is 4.39 Å². The molecule has 0 radical (unpaired) electrons. The van der Waals surface area contributed by atoms with E-state index in [0.29, 0.717) is 22.3 Å². The molecule has 0 saturated heterocycles. The number of benzene rings is 2. The van der Waals surface area contributed by atoms with Crippen LogP contribution in [-0.2, 0) is 5.41 Å². The van der Waals surface area contributed by atoms with Crippen LogP contribution in [0.25, 0.3) is 11.0 Å². The topological polar surface area (TPSA) is 60.7 Å². The number of rotatable bonds is 4. The standard InChI is InChI=1S/C18H18FN3OS/c1-18(2,11-6-4-3-5-7-11)10-20-16(23)13-8-12(19)9-14-15(13)22-17(24)21-14/h3-9H,10H2,1-2H3,(H,20,23)(H2,21,22,24). The summed E-state index contributed by atoms with van der Waals surface area (Å²) in [5.41, 5.74) is 2.11. The second-order valence-electron chi connectivity index (χ2n) is 6.39. The van der Waals surface area contributed by atoms with Gasteiger partial charge in [0, 0.05) is 12.0 Å². The van der Waals surface area contributed by atoms with Crippen molar-refractivity contribution in [3.05, 3.63) is 64.2 Å². The Morgan fingerprint density at radius 1 is 1.21 bits per heavy atom. The normalized spacial score (nSPS) is 11.6. The molecule has 1 aromatic heterocycles. The van der Waals surface area contributed by atoms with Crippen molar-refractivity contribution in [2.24, 2.45) is 0 Å². The van der Waals surface area contributed by atoms with Gasteiger partial charge in [0.15, 0.2) is 4.77 Å². The molecule has 124 valence electrons. The van der Waals surface area contributed by atoms with Crippen LogP contribution in [0.4, 0.5) is 4.39 Å². The summed E-state index contributed by atoms with van der Waals surface area (Å²) in [6.07, 6.45) is 0. The Labute approximate surface area is 144 Å². The molecule has 0 saturated carbocycles. The van der Waals surface area contributed by atoms with Gasteiger partial charge in [0.25, 0.3) is 5.91 Å². The predicted octanol–water partition coefficient (Wildman–Crippen LogP) is 4.07. The summed E-state index contributed by atoms with van der Waals surface area (Å²) in [6, 6.07) is 12.5. The average Bonchev–Trinajstić information content (AvgIpc) is 2.92. The first kappa shape index (κ1) is 16.4. The van der Waals surface area contributed by atoms with Gasteiger partial charge in [-0.05, 0) is 29.9 Å². The molecule has 1 heterocycles. The number of hydrogen-bond acceptors (Lipinski definition) is 2. The van der Waals surface area contributed by atoms with Crippen LogP contribution in [0, 0.1) is 10.6 Å². The van der Waals surface area contributed by atoms with Gasteiger partial charge in [0.05, 0.1) is 16.6 Å². The summed E-state index contributed by atoms with van der Waals surface area (Å²) >= 11 is 5.02. The molecule has 1 amide bonds. The minimum atomic E-state index is -0.486. The number of aromatic nitrogens is 2. The van der Waals surface area contributed by atoms with E-state index < -0.39 is 5.82 Å². The summed E-state index contributed by atoms with van der Waals surface area (Å²) in [5.74, 6) is -0.825. The van der Waals surface area contributed by atoms with E-state index in [9.17, 15) is 9.18 Å². The van der Waals surface area contributed by atoms with Crippen molar-refractivity contribution >= 4 is 29.2 Å². The molecule has 24 heavy (non-hydrogen) atoms. The van der Waals surface area contributed by atoms with E-state index in [0.717, 1.165) is 5.56 Å². The van der Waals surface area contributed by atoms with E-state index in [2.05, 4.69) is 15.3 Å². The quantitative estimate of drug-likeness (QED) is 0.625. The van der Waals surface area contributed by atoms with Crippen LogP contribution in [0.5, 0.6) is 0 Å². The van der Waals surface area contributed by atoms with Crippen LogP contribution in [0.15, 0.2) is 42.5 Å². The zero-order chi connectivity index (χ0) is 17.3. The van der Waals surface area contributed by atoms with Gasteiger partial charge < -0.3 is 15.3 Å². The molecule has 0 bridgehead atoms. The third kappa shape index (κ3) is 3.23. The molecule has 3 aromatic rings. The second-order valence-corrected chi connectivity index (χ2v) is 6.80. The summed E-state index contributed by atoms with van der Waals surface area (Å²) in [5, 5.41) is 2.89. The van der Waals surface area contributed by atoms with Crippen molar-refractivity contribution in [3.8, 4) is 0 Å². The van der Waals surface area contributed by atoms with Gasteiger partial charge in [-0.2, -0.15) is 0 Å². The lowest BCUT2D eigenvalue weighted by Gasteiger charge is -2.25. The molecule has 0 aliphatic heterocycles. The Bertz CT molecular complexity index is 944. The third-order valence-electron chi connectivity index (χ3n) is 4.08. The first-order valence-electron chi connectivity index (χ1n) is 7.62. The number of aromatic amines is 2. The Morgan fingerprint density at radius 3 is 2.62 bits per heavy atom. The lowest BCUT2D eigenvalue weighted by atomic mass is 9.84. The summed E-state index contributed by atoms with van der Waals surface area (Å²) in [6.45, 7) is 4.53. The molecule has 0 atom stereocenters. The van der Waals surface area contributed by atoms with Crippen LogP contribution >= 0.6 is 12.2 Å². The summed E-state index contributed by atoms with van der Waals surface area (Å²) in [4.78, 5) is 18.3. The van der Waals surface area contributed by atoms with Crippen molar-refractivity contribution in [1.82, 2.24) is 15.3 Å². The molecule has 3 rings (SSSR count). The largest absolute Gasteiger partial charge is 0.351 e. The molecule has 0 aliphatic rings. The van der Waals surface area contributed by atoms with Gasteiger partial charge in [0.1, 0.15) is 5.82 Å². The maximum Gasteiger partial charge on any atom is 0.253 e. The molecule has 0 spiro atoms. The Balaban J connectivity index is 1.84. The zero-order valence-corrected chi connectivity index (χ0v) is 14.3. The smallest absolute Gasteiger partial charge is 0.253 e. The summed E-state index contributed by atoms with van der Waals surface area (Å²) < 4.78 is 14.1. The number of fused-ring (bicyclic) bond motifs is 1. The molecule has 2 aromatic carbocycles. The molecule has 0 aliphatic carbocycles. The highest BCUT2D eigenvalue weighted by molar-refractivity contribution is 7.71. The number of imidazole rings is 1. The molecule has 3 N–H and O–H groups in total. The first-order chi connectivity index (χ1) is 11.4. The minimum absolute atomic E-state index is 0.237. The Hall–Kier alpha value is -2.47. The van der Waals surface area contributed by atoms with Gasteiger partial charge in [-0.3, -0.25) is 4.79 Å². The van der Waals surface area contributed by atoms with Crippen molar-refractivity contribution in [3.63, 3.8) is 0 Å². The number of nitrogens with one attached hydrogen (secondary N) is 3. The van der Waals surface area contributed by atoms with Crippen LogP contribution in [0.2, 0.25) is 0 Å². The molecular formula is C18H18FN3OS. The molecule has 6 heteroatoms. The third-order valence-corrected chi connectivity index (χ3v) is 4.28. The van der Waals surface area contributed by atoms with E-state index in [1.165, 1.54) is 12.1 Å². The lowest BCUT2D eigenvalue weighted by Crippen LogP contribution is -2.36. The second kappa shape index (κ2) is 6.20. The van der Waals surface area contributed by atoms with Crippen LogP contribution in [-0.4, -0.2) is 22.4 Å². The lowest BCUT2D eigenvalue weighted by molar-refractivity contribution is 0.0946. The number of hydrogen-bond donors (Lipinski definition) is 3. The van der Waals surface area contributed by atoms with Crippen LogP contribution in [0.1, 0.15) is 29.8 Å². The number of carbonyl (C=O) groups excluding carboxylic acids is 1. The average molecular weight is 343 g/mol. The maximum atomic E-state index is 13.8. The fourth-order valence-electron chi connectivity index (χ4n) is 2.67. The van der Waals surface area contributed by atoms with Crippen molar-refractivity contribution < 1.29 is 9.18 Å². The van der Waals surface area contributed by atoms with Crippen LogP contribution < -0.4 is 5.32 Å². The maximum absolute atomic E-state index is 13.8. The van der Waals surface area contributed by atoms with Gasteiger partial charge >= 0.3 is 0 Å². The SMILES string of the molecule is CC(C)(CNC(=O)c1cc(F)cc2[nH]c(=S)[nH]c12)c1ccccc1. The van der Waals surface area contributed by atoms with Crippen molar-refractivity contribution in [1.29, 1.82) is 0 Å². The van der Waals surface area contributed by atoms with Crippen molar-refractivity contribution in [2.75, 3.05) is 6.54 Å². The van der Waals surface area contributed by atoms with Gasteiger partial charge in [-0.1, -0.05) is 44.2 Å². The van der Waals surface area contributed by atoms with Crippen molar-refractivity contribution in [2.45, 2.75) is 19.3 Å². The van der Waals surface area contributed by atoms with E-state index in [-0.39, 0.29) is 16.9 Å². The number of halogens is 1. The van der Waals surface area contributed by atoms with E-state index in [4.69, 9.17) is 12.2 Å². The monoisotopic (exact) mass is 343 g/mol. The molecule has 0 fully saturated rings. The number of H-pyrrole nitrogens is 2. The first-order valence-corrected chi connectivity index (χ1v) is 8.03. The number of carbonyl (C=O) groups is 1. The fourth-order valence-corrected chi connectivity index (χ4v) is 2.89. The fraction of sp³-hybridized carbons (Fsp3) is 0.222. The predicted molar refractivity (Wildman–Crippen MR) is 95.2 cm³/mol. The Morgan fingerprint density at radius 2 is 1.92 bits per heavy atom. The zero-order valence-electron chi connectivity index (χ0n) is 13.4. The summed E-state index contributed by atoms with van der Waals surface area (Å²) in [7, 11) is 0. The molecule has 4 nitrogen and oxygen atoms in total. The number of amides is 1. The highest BCUT2D eigenvalue weighted by Crippen LogP contribution is 2.23. The minimum Gasteiger partial charge on any atom is -0.351 e. The highest BCUT2D eigenvalue weighted by atomic mass is 32.1.